The van der Waals surface area contributed by atoms with E-state index in [2.05, 4.69) is 32.3 Å². The molecule has 2 heterocycles. The number of imidazole rings is 1. The number of benzene rings is 1. The molecule has 0 unspecified atom stereocenters. The van der Waals surface area contributed by atoms with Gasteiger partial charge in [-0.2, -0.15) is 0 Å². The molecule has 1 aromatic carbocycles. The summed E-state index contributed by atoms with van der Waals surface area (Å²) in [5.41, 5.74) is 2.22. The van der Waals surface area contributed by atoms with E-state index in [1.54, 1.807) is 13.4 Å². The Balaban J connectivity index is 1.73. The fourth-order valence-electron chi connectivity index (χ4n) is 3.06. The Bertz CT molecular complexity index is 728. The number of hydrogen-bond donors (Lipinski definition) is 2. The summed E-state index contributed by atoms with van der Waals surface area (Å²) in [6, 6.07) is 9.72. The van der Waals surface area contributed by atoms with Gasteiger partial charge in [0.2, 0.25) is 11.8 Å². The van der Waals surface area contributed by atoms with Crippen LogP contribution in [-0.4, -0.2) is 52.4 Å². The van der Waals surface area contributed by atoms with Crippen LogP contribution in [0.1, 0.15) is 17.7 Å². The minimum absolute atomic E-state index is 0.0935. The highest BCUT2D eigenvalue weighted by Crippen LogP contribution is 2.15. The van der Waals surface area contributed by atoms with Crippen LogP contribution in [0.5, 0.6) is 0 Å². The summed E-state index contributed by atoms with van der Waals surface area (Å²) in [5, 5.41) is 5.44. The first kappa shape index (κ1) is 17.2. The molecule has 1 saturated heterocycles. The molecule has 2 N–H and O–H groups in total. The predicted molar refractivity (Wildman–Crippen MR) is 93.7 cm³/mol. The van der Waals surface area contributed by atoms with Gasteiger partial charge in [0.25, 0.3) is 0 Å². The molecule has 1 aliphatic rings. The van der Waals surface area contributed by atoms with Crippen LogP contribution in [0.25, 0.3) is 0 Å². The average Bonchev–Trinajstić information content (AvgIpc) is 3.05. The van der Waals surface area contributed by atoms with Crippen LogP contribution in [0.4, 0.5) is 0 Å². The third-order valence-electron chi connectivity index (χ3n) is 4.46. The minimum atomic E-state index is -0.450. The van der Waals surface area contributed by atoms with Crippen LogP contribution in [0.15, 0.2) is 42.9 Å². The monoisotopic (exact) mass is 341 g/mol. The van der Waals surface area contributed by atoms with E-state index in [1.807, 2.05) is 29.3 Å². The average molecular weight is 341 g/mol. The number of carbonyl (C=O) groups is 2. The second kappa shape index (κ2) is 7.94. The van der Waals surface area contributed by atoms with Gasteiger partial charge in [-0.05, 0) is 5.56 Å². The second-order valence-electron chi connectivity index (χ2n) is 6.15. The van der Waals surface area contributed by atoms with Gasteiger partial charge in [-0.15, -0.1) is 0 Å². The highest BCUT2D eigenvalue weighted by atomic mass is 16.2. The number of nitrogens with zero attached hydrogens (tertiary/aromatic N) is 3. The van der Waals surface area contributed by atoms with E-state index in [1.165, 1.54) is 5.56 Å². The van der Waals surface area contributed by atoms with Gasteiger partial charge in [0, 0.05) is 39.4 Å². The topological polar surface area (TPSA) is 79.3 Å². The summed E-state index contributed by atoms with van der Waals surface area (Å²) in [6.07, 6.45) is 3.79. The van der Waals surface area contributed by atoms with Gasteiger partial charge < -0.3 is 15.2 Å². The number of amides is 2. The SMILES string of the molecule is CNC(=O)C[C@@H]1C(=O)NCCN1Cc1cncn1Cc1ccccc1. The van der Waals surface area contributed by atoms with Gasteiger partial charge in [-0.25, -0.2) is 4.98 Å². The fourth-order valence-corrected chi connectivity index (χ4v) is 3.06. The van der Waals surface area contributed by atoms with Crippen LogP contribution >= 0.6 is 0 Å². The molecule has 0 radical (unpaired) electrons. The zero-order chi connectivity index (χ0) is 17.6. The van der Waals surface area contributed by atoms with Gasteiger partial charge in [-0.3, -0.25) is 14.5 Å². The number of hydrogen-bond acceptors (Lipinski definition) is 4. The lowest BCUT2D eigenvalue weighted by molar-refractivity contribution is -0.134. The molecule has 0 aliphatic carbocycles. The van der Waals surface area contributed by atoms with E-state index in [0.29, 0.717) is 19.6 Å². The molecule has 2 aromatic rings. The number of nitrogens with one attached hydrogen (secondary N) is 2. The summed E-state index contributed by atoms with van der Waals surface area (Å²) in [7, 11) is 1.59. The quantitative estimate of drug-likeness (QED) is 0.796. The Hall–Kier alpha value is -2.67. The smallest absolute Gasteiger partial charge is 0.237 e. The lowest BCUT2D eigenvalue weighted by Crippen LogP contribution is -2.56. The summed E-state index contributed by atoms with van der Waals surface area (Å²) >= 11 is 0. The molecular weight excluding hydrogens is 318 g/mol. The highest BCUT2D eigenvalue weighted by Gasteiger charge is 2.31. The molecule has 1 aromatic heterocycles. The molecule has 1 aliphatic heterocycles. The minimum Gasteiger partial charge on any atom is -0.359 e. The molecule has 3 rings (SSSR count). The number of piperazine rings is 1. The predicted octanol–water partition coefficient (Wildman–Crippen LogP) is 0.368. The summed E-state index contributed by atoms with van der Waals surface area (Å²) in [4.78, 5) is 30.3. The first-order valence-corrected chi connectivity index (χ1v) is 8.42. The Morgan fingerprint density at radius 2 is 2.12 bits per heavy atom. The molecule has 7 heteroatoms. The van der Waals surface area contributed by atoms with Crippen LogP contribution < -0.4 is 10.6 Å². The van der Waals surface area contributed by atoms with Crippen molar-refractivity contribution in [2.75, 3.05) is 20.1 Å². The van der Waals surface area contributed by atoms with Crippen molar-refractivity contribution in [1.82, 2.24) is 25.1 Å². The van der Waals surface area contributed by atoms with Crippen molar-refractivity contribution in [3.63, 3.8) is 0 Å². The maximum absolute atomic E-state index is 12.2. The van der Waals surface area contributed by atoms with E-state index >= 15 is 0 Å². The van der Waals surface area contributed by atoms with E-state index < -0.39 is 6.04 Å². The second-order valence-corrected chi connectivity index (χ2v) is 6.15. The van der Waals surface area contributed by atoms with Crippen molar-refractivity contribution < 1.29 is 9.59 Å². The first-order valence-electron chi connectivity index (χ1n) is 8.42. The molecule has 7 nitrogen and oxygen atoms in total. The van der Waals surface area contributed by atoms with Crippen LogP contribution in [0.3, 0.4) is 0 Å². The Morgan fingerprint density at radius 3 is 2.88 bits per heavy atom. The van der Waals surface area contributed by atoms with Crippen molar-refractivity contribution in [3.8, 4) is 0 Å². The molecule has 0 saturated carbocycles. The van der Waals surface area contributed by atoms with Crippen LogP contribution in [0.2, 0.25) is 0 Å². The lowest BCUT2D eigenvalue weighted by atomic mass is 10.1. The molecule has 0 bridgehead atoms. The third-order valence-corrected chi connectivity index (χ3v) is 4.46. The summed E-state index contributed by atoms with van der Waals surface area (Å²) in [5.74, 6) is -0.228. The standard InChI is InChI=1S/C18H23N5O2/c1-19-17(24)9-16-18(25)21-7-8-22(16)12-15-10-20-13-23(15)11-14-5-3-2-4-6-14/h2-6,10,13,16H,7-9,11-12H2,1H3,(H,19,24)(H,21,25)/t16-/m1/s1. The first-order chi connectivity index (χ1) is 12.2. The van der Waals surface area contributed by atoms with Crippen molar-refractivity contribution in [3.05, 3.63) is 54.1 Å². The summed E-state index contributed by atoms with van der Waals surface area (Å²) < 4.78 is 2.08. The Kier molecular flexibility index (Phi) is 5.45. The molecular formula is C18H23N5O2. The maximum atomic E-state index is 12.2. The number of rotatable bonds is 6. The fraction of sp³-hybridized carbons (Fsp3) is 0.389. The van der Waals surface area contributed by atoms with Crippen molar-refractivity contribution >= 4 is 11.8 Å². The van der Waals surface area contributed by atoms with Crippen molar-refractivity contribution in [2.45, 2.75) is 25.6 Å². The maximum Gasteiger partial charge on any atom is 0.237 e. The van der Waals surface area contributed by atoms with Gasteiger partial charge in [0.1, 0.15) is 0 Å². The molecule has 2 amide bonds. The van der Waals surface area contributed by atoms with Gasteiger partial charge in [0.15, 0.2) is 0 Å². The van der Waals surface area contributed by atoms with E-state index in [9.17, 15) is 9.59 Å². The highest BCUT2D eigenvalue weighted by molar-refractivity contribution is 5.88. The molecule has 0 spiro atoms. The molecule has 132 valence electrons. The number of aromatic nitrogens is 2. The molecule has 1 atom stereocenters. The molecule has 25 heavy (non-hydrogen) atoms. The zero-order valence-corrected chi connectivity index (χ0v) is 14.3. The van der Waals surface area contributed by atoms with Gasteiger partial charge >= 0.3 is 0 Å². The van der Waals surface area contributed by atoms with E-state index in [0.717, 1.165) is 12.2 Å². The van der Waals surface area contributed by atoms with Gasteiger partial charge in [0.05, 0.1) is 24.5 Å². The van der Waals surface area contributed by atoms with Crippen molar-refractivity contribution in [2.24, 2.45) is 0 Å². The summed E-state index contributed by atoms with van der Waals surface area (Å²) in [6.45, 7) is 2.62. The Labute approximate surface area is 147 Å². The van der Waals surface area contributed by atoms with E-state index in [-0.39, 0.29) is 18.2 Å². The van der Waals surface area contributed by atoms with Crippen LogP contribution in [0, 0.1) is 0 Å². The van der Waals surface area contributed by atoms with Crippen LogP contribution in [-0.2, 0) is 22.7 Å². The normalized spacial score (nSPS) is 18.0. The van der Waals surface area contributed by atoms with E-state index in [4.69, 9.17) is 0 Å². The molecule has 1 fully saturated rings. The Morgan fingerprint density at radius 1 is 1.32 bits per heavy atom. The number of carbonyl (C=O) groups excluding carboxylic acids is 2. The van der Waals surface area contributed by atoms with Gasteiger partial charge in [-0.1, -0.05) is 30.3 Å². The third kappa shape index (κ3) is 4.24. The lowest BCUT2D eigenvalue weighted by Gasteiger charge is -2.34. The zero-order valence-electron chi connectivity index (χ0n) is 14.3. The largest absolute Gasteiger partial charge is 0.359 e. The van der Waals surface area contributed by atoms with Crippen molar-refractivity contribution in [1.29, 1.82) is 0 Å².